The van der Waals surface area contributed by atoms with Crippen LogP contribution >= 0.6 is 0 Å². The summed E-state index contributed by atoms with van der Waals surface area (Å²) in [6.45, 7) is 5.58. The van der Waals surface area contributed by atoms with Crippen LogP contribution in [0.2, 0.25) is 0 Å². The summed E-state index contributed by atoms with van der Waals surface area (Å²) in [5.74, 6) is -0.349. The number of fused-ring (bicyclic) bond motifs is 3. The van der Waals surface area contributed by atoms with E-state index in [4.69, 9.17) is 0 Å². The number of hydrogen-bond donors (Lipinski definition) is 1. The predicted molar refractivity (Wildman–Crippen MR) is 119 cm³/mol. The highest BCUT2D eigenvalue weighted by Gasteiger charge is 2.36. The molecule has 0 saturated heterocycles. The zero-order valence-electron chi connectivity index (χ0n) is 17.2. The summed E-state index contributed by atoms with van der Waals surface area (Å²) in [5, 5.41) is 2.92. The van der Waals surface area contributed by atoms with E-state index in [9.17, 15) is 13.2 Å². The maximum Gasteiger partial charge on any atom is 0.265 e. The minimum absolute atomic E-state index is 0.225. The molecule has 0 aromatic heterocycles. The average molecular weight is 421 g/mol. The van der Waals surface area contributed by atoms with E-state index in [0.29, 0.717) is 11.3 Å². The van der Waals surface area contributed by atoms with Crippen molar-refractivity contribution in [3.63, 3.8) is 0 Å². The predicted octanol–water partition coefficient (Wildman–Crippen LogP) is 4.36. The first-order chi connectivity index (χ1) is 14.3. The molecule has 3 aromatic rings. The molecule has 0 saturated carbocycles. The van der Waals surface area contributed by atoms with Crippen molar-refractivity contribution in [3.8, 4) is 11.1 Å². The van der Waals surface area contributed by atoms with Gasteiger partial charge in [-0.1, -0.05) is 59.7 Å². The Kier molecular flexibility index (Phi) is 5.12. The summed E-state index contributed by atoms with van der Waals surface area (Å²) in [6.07, 6.45) is 0. The first kappa shape index (κ1) is 20.2. The first-order valence-electron chi connectivity index (χ1n) is 9.86. The highest BCUT2D eigenvalue weighted by molar-refractivity contribution is 7.93. The molecule has 1 aliphatic rings. The van der Waals surface area contributed by atoms with Crippen molar-refractivity contribution in [3.05, 3.63) is 83.4 Å². The molecule has 30 heavy (non-hydrogen) atoms. The van der Waals surface area contributed by atoms with Crippen molar-refractivity contribution < 1.29 is 13.2 Å². The number of sulfonamides is 1. The standard InChI is InChI=1S/C24H24N2O3S/c1-16-8-11-19(12-9-16)18(3)25-24(27)15-26-22-13-10-17(2)14-21(22)20-6-4-5-7-23(20)30(26,28)29/h4-14,18H,15H2,1-3H3,(H,25,27). The maximum absolute atomic E-state index is 13.3. The van der Waals surface area contributed by atoms with Crippen LogP contribution < -0.4 is 9.62 Å². The van der Waals surface area contributed by atoms with E-state index < -0.39 is 10.0 Å². The number of nitrogens with zero attached hydrogens (tertiary/aromatic N) is 1. The largest absolute Gasteiger partial charge is 0.348 e. The van der Waals surface area contributed by atoms with Gasteiger partial charge in [-0.3, -0.25) is 9.10 Å². The lowest BCUT2D eigenvalue weighted by Gasteiger charge is -2.32. The number of rotatable bonds is 4. The zero-order chi connectivity index (χ0) is 21.5. The number of hydrogen-bond acceptors (Lipinski definition) is 3. The lowest BCUT2D eigenvalue weighted by Crippen LogP contribution is -2.43. The Bertz CT molecular complexity index is 1220. The third-order valence-corrected chi connectivity index (χ3v) is 7.23. The van der Waals surface area contributed by atoms with Crippen molar-refractivity contribution >= 4 is 21.6 Å². The van der Waals surface area contributed by atoms with E-state index in [1.54, 1.807) is 18.2 Å². The van der Waals surface area contributed by atoms with Gasteiger partial charge in [0.15, 0.2) is 0 Å². The van der Waals surface area contributed by atoms with Gasteiger partial charge in [0, 0.05) is 11.1 Å². The molecule has 3 aromatic carbocycles. The van der Waals surface area contributed by atoms with Crippen molar-refractivity contribution in [1.82, 2.24) is 5.32 Å². The number of aryl methyl sites for hydroxylation is 2. The van der Waals surface area contributed by atoms with Crippen molar-refractivity contribution in [1.29, 1.82) is 0 Å². The van der Waals surface area contributed by atoms with E-state index in [1.807, 2.05) is 69.3 Å². The van der Waals surface area contributed by atoms with E-state index in [1.165, 1.54) is 4.31 Å². The fourth-order valence-electron chi connectivity index (χ4n) is 3.77. The summed E-state index contributed by atoms with van der Waals surface area (Å²) in [5.41, 5.74) is 5.15. The van der Waals surface area contributed by atoms with Gasteiger partial charge in [-0.05, 0) is 44.5 Å². The van der Waals surface area contributed by atoms with Crippen LogP contribution in [0.5, 0.6) is 0 Å². The molecule has 1 atom stereocenters. The Morgan fingerprint density at radius 3 is 2.33 bits per heavy atom. The molecule has 1 amide bonds. The SMILES string of the molecule is Cc1ccc(C(C)NC(=O)CN2c3ccc(C)cc3-c3ccccc3S2(=O)=O)cc1. The molecule has 5 nitrogen and oxygen atoms in total. The number of carbonyl (C=O) groups is 1. The van der Waals surface area contributed by atoms with Crippen LogP contribution in [0.1, 0.15) is 29.7 Å². The Labute approximate surface area is 177 Å². The molecule has 0 spiro atoms. The topological polar surface area (TPSA) is 66.5 Å². The van der Waals surface area contributed by atoms with Crippen molar-refractivity contribution in [2.24, 2.45) is 0 Å². The number of carbonyl (C=O) groups excluding carboxylic acids is 1. The van der Waals surface area contributed by atoms with Crippen LogP contribution in [0.25, 0.3) is 11.1 Å². The van der Waals surface area contributed by atoms with E-state index in [0.717, 1.165) is 22.3 Å². The van der Waals surface area contributed by atoms with Crippen LogP contribution in [-0.2, 0) is 14.8 Å². The van der Waals surface area contributed by atoms with Gasteiger partial charge in [0.1, 0.15) is 6.54 Å². The summed E-state index contributed by atoms with van der Waals surface area (Å²) in [6, 6.07) is 20.2. The number of anilines is 1. The Morgan fingerprint density at radius 2 is 1.60 bits per heavy atom. The van der Waals surface area contributed by atoms with Crippen molar-refractivity contribution in [2.75, 3.05) is 10.8 Å². The summed E-state index contributed by atoms with van der Waals surface area (Å²) < 4.78 is 27.9. The molecule has 1 aliphatic heterocycles. The second-order valence-corrected chi connectivity index (χ2v) is 9.56. The Balaban J connectivity index is 1.65. The second kappa shape index (κ2) is 7.61. The molecule has 0 fully saturated rings. The van der Waals surface area contributed by atoms with E-state index in [-0.39, 0.29) is 23.4 Å². The van der Waals surface area contributed by atoms with Gasteiger partial charge in [0.25, 0.3) is 10.0 Å². The molecule has 154 valence electrons. The fourth-order valence-corrected chi connectivity index (χ4v) is 5.42. The quantitative estimate of drug-likeness (QED) is 0.682. The van der Waals surface area contributed by atoms with Gasteiger partial charge in [0.05, 0.1) is 16.6 Å². The lowest BCUT2D eigenvalue weighted by atomic mass is 10.0. The molecule has 1 heterocycles. The first-order valence-corrected chi connectivity index (χ1v) is 11.3. The minimum atomic E-state index is -3.84. The van der Waals surface area contributed by atoms with Gasteiger partial charge < -0.3 is 5.32 Å². The van der Waals surface area contributed by atoms with Gasteiger partial charge in [-0.15, -0.1) is 0 Å². The van der Waals surface area contributed by atoms with Crippen LogP contribution in [-0.4, -0.2) is 20.9 Å². The van der Waals surface area contributed by atoms with Crippen LogP contribution in [0, 0.1) is 13.8 Å². The van der Waals surface area contributed by atoms with Gasteiger partial charge >= 0.3 is 0 Å². The average Bonchev–Trinajstić information content (AvgIpc) is 2.72. The highest BCUT2D eigenvalue weighted by Crippen LogP contribution is 2.43. The molecule has 0 aliphatic carbocycles. The molecular weight excluding hydrogens is 396 g/mol. The highest BCUT2D eigenvalue weighted by atomic mass is 32.2. The van der Waals surface area contributed by atoms with E-state index >= 15 is 0 Å². The smallest absolute Gasteiger partial charge is 0.265 e. The van der Waals surface area contributed by atoms with Crippen LogP contribution in [0.3, 0.4) is 0 Å². The lowest BCUT2D eigenvalue weighted by molar-refractivity contribution is -0.120. The summed E-state index contributed by atoms with van der Waals surface area (Å²) in [4.78, 5) is 13.0. The van der Waals surface area contributed by atoms with Gasteiger partial charge in [-0.25, -0.2) is 8.42 Å². The maximum atomic E-state index is 13.3. The zero-order valence-corrected chi connectivity index (χ0v) is 18.0. The van der Waals surface area contributed by atoms with E-state index in [2.05, 4.69) is 5.32 Å². The second-order valence-electron chi connectivity index (χ2n) is 7.73. The number of benzene rings is 3. The molecular formula is C24H24N2O3S. The van der Waals surface area contributed by atoms with Crippen LogP contribution in [0.4, 0.5) is 5.69 Å². The van der Waals surface area contributed by atoms with Crippen LogP contribution in [0.15, 0.2) is 71.6 Å². The number of amides is 1. The molecule has 6 heteroatoms. The normalized spacial score (nSPS) is 15.1. The fraction of sp³-hybridized carbons (Fsp3) is 0.208. The number of nitrogens with one attached hydrogen (secondary N) is 1. The van der Waals surface area contributed by atoms with Gasteiger partial charge in [0.2, 0.25) is 5.91 Å². The van der Waals surface area contributed by atoms with Gasteiger partial charge in [-0.2, -0.15) is 0 Å². The monoisotopic (exact) mass is 420 g/mol. The van der Waals surface area contributed by atoms with Crippen molar-refractivity contribution in [2.45, 2.75) is 31.7 Å². The molecule has 1 N–H and O–H groups in total. The minimum Gasteiger partial charge on any atom is -0.348 e. The summed E-state index contributed by atoms with van der Waals surface area (Å²) >= 11 is 0. The third-order valence-electron chi connectivity index (χ3n) is 5.41. The Hall–Kier alpha value is -3.12. The molecule has 1 unspecified atom stereocenters. The third kappa shape index (κ3) is 3.59. The Morgan fingerprint density at radius 1 is 0.933 bits per heavy atom. The molecule has 0 radical (unpaired) electrons. The molecule has 0 bridgehead atoms. The summed E-state index contributed by atoms with van der Waals surface area (Å²) in [7, 11) is -3.84. The molecule has 4 rings (SSSR count).